The Bertz CT molecular complexity index is 985. The molecule has 0 aromatic heterocycles. The van der Waals surface area contributed by atoms with Crippen LogP contribution in [0.5, 0.6) is 0 Å². The SMILES string of the molecule is CCN(CC)c1ccc(NC(=O)OCc2cccc3c2NS(=O)(=O)C3)c(C)c1. The Morgan fingerprint density at radius 3 is 2.64 bits per heavy atom. The number of nitrogens with zero attached hydrogens (tertiary/aromatic N) is 1. The Morgan fingerprint density at radius 1 is 1.21 bits per heavy atom. The number of ether oxygens (including phenoxy) is 1. The number of carbonyl (C=O) groups excluding carboxylic acids is 1. The van der Waals surface area contributed by atoms with E-state index in [2.05, 4.69) is 28.8 Å². The molecular weight excluding hydrogens is 378 g/mol. The summed E-state index contributed by atoms with van der Waals surface area (Å²) in [6, 6.07) is 11.1. The molecule has 0 unspecified atom stereocenters. The maximum absolute atomic E-state index is 12.2. The van der Waals surface area contributed by atoms with Gasteiger partial charge < -0.3 is 9.64 Å². The van der Waals surface area contributed by atoms with Crippen LogP contribution >= 0.6 is 0 Å². The van der Waals surface area contributed by atoms with Gasteiger partial charge in [0.2, 0.25) is 10.0 Å². The molecule has 0 spiro atoms. The molecule has 2 aromatic rings. The van der Waals surface area contributed by atoms with Crippen molar-refractivity contribution in [3.05, 3.63) is 53.1 Å². The van der Waals surface area contributed by atoms with Crippen molar-refractivity contribution in [2.45, 2.75) is 33.1 Å². The molecular formula is C20H25N3O4S. The molecule has 28 heavy (non-hydrogen) atoms. The highest BCUT2D eigenvalue weighted by Gasteiger charge is 2.25. The van der Waals surface area contributed by atoms with Gasteiger partial charge in [-0.15, -0.1) is 0 Å². The normalized spacial score (nSPS) is 14.1. The van der Waals surface area contributed by atoms with Crippen LogP contribution in [0.3, 0.4) is 0 Å². The molecule has 0 bridgehead atoms. The first-order chi connectivity index (χ1) is 13.3. The van der Waals surface area contributed by atoms with E-state index in [9.17, 15) is 13.2 Å². The van der Waals surface area contributed by atoms with Gasteiger partial charge >= 0.3 is 6.09 Å². The molecule has 2 aromatic carbocycles. The molecule has 0 fully saturated rings. The van der Waals surface area contributed by atoms with Gasteiger partial charge in [0, 0.05) is 30.0 Å². The molecule has 1 heterocycles. The molecule has 2 N–H and O–H groups in total. The topological polar surface area (TPSA) is 87.7 Å². The average molecular weight is 404 g/mol. The van der Waals surface area contributed by atoms with Gasteiger partial charge in [0.15, 0.2) is 0 Å². The van der Waals surface area contributed by atoms with Crippen LogP contribution in [0, 0.1) is 6.92 Å². The Balaban J connectivity index is 1.64. The highest BCUT2D eigenvalue weighted by atomic mass is 32.2. The second kappa shape index (κ2) is 8.10. The van der Waals surface area contributed by atoms with E-state index in [4.69, 9.17) is 4.74 Å². The third kappa shape index (κ3) is 4.39. The monoisotopic (exact) mass is 403 g/mol. The van der Waals surface area contributed by atoms with E-state index in [1.54, 1.807) is 18.2 Å². The van der Waals surface area contributed by atoms with Gasteiger partial charge in [-0.2, -0.15) is 0 Å². The number of benzene rings is 2. The van der Waals surface area contributed by atoms with Gasteiger partial charge in [-0.25, -0.2) is 13.2 Å². The lowest BCUT2D eigenvalue weighted by atomic mass is 10.1. The van der Waals surface area contributed by atoms with Crippen molar-refractivity contribution in [2.24, 2.45) is 0 Å². The standard InChI is InChI=1S/C20H25N3O4S/c1-4-23(5-2)17-9-10-18(14(3)11-17)21-20(24)27-12-15-7-6-8-16-13-28(25,26)22-19(15)16/h6-11,22H,4-5,12-13H2,1-3H3,(H,21,24). The van der Waals surface area contributed by atoms with Gasteiger partial charge in [-0.05, 0) is 50.1 Å². The minimum absolute atomic E-state index is 0.0197. The number of hydrogen-bond donors (Lipinski definition) is 2. The lowest BCUT2D eigenvalue weighted by Crippen LogP contribution is -2.22. The minimum Gasteiger partial charge on any atom is -0.444 e. The zero-order valence-corrected chi connectivity index (χ0v) is 17.1. The molecule has 3 rings (SSSR count). The zero-order valence-electron chi connectivity index (χ0n) is 16.3. The Labute approximate surface area is 165 Å². The van der Waals surface area contributed by atoms with Crippen molar-refractivity contribution in [3.63, 3.8) is 0 Å². The maximum Gasteiger partial charge on any atom is 0.411 e. The number of sulfonamides is 1. The predicted molar refractivity (Wildman–Crippen MR) is 111 cm³/mol. The van der Waals surface area contributed by atoms with Crippen LogP contribution in [-0.4, -0.2) is 27.6 Å². The summed E-state index contributed by atoms with van der Waals surface area (Å²) in [4.78, 5) is 14.4. The number of nitrogens with one attached hydrogen (secondary N) is 2. The third-order valence-corrected chi connectivity index (χ3v) is 5.98. The van der Waals surface area contributed by atoms with Crippen LogP contribution in [0.4, 0.5) is 21.9 Å². The smallest absolute Gasteiger partial charge is 0.411 e. The third-order valence-electron chi connectivity index (χ3n) is 4.77. The number of carbonyl (C=O) groups is 1. The number of anilines is 3. The number of amides is 1. The number of hydrogen-bond acceptors (Lipinski definition) is 5. The van der Waals surface area contributed by atoms with Crippen molar-refractivity contribution in [1.82, 2.24) is 0 Å². The van der Waals surface area contributed by atoms with Crippen LogP contribution in [0.2, 0.25) is 0 Å². The number of para-hydroxylation sites is 1. The summed E-state index contributed by atoms with van der Waals surface area (Å²) in [5.74, 6) is -0.0551. The fraction of sp³-hybridized carbons (Fsp3) is 0.350. The fourth-order valence-electron chi connectivity index (χ4n) is 3.28. The molecule has 1 aliphatic rings. The Morgan fingerprint density at radius 2 is 1.96 bits per heavy atom. The van der Waals surface area contributed by atoms with Gasteiger partial charge in [-0.1, -0.05) is 18.2 Å². The molecule has 7 nitrogen and oxygen atoms in total. The van der Waals surface area contributed by atoms with E-state index in [0.29, 0.717) is 22.5 Å². The second-order valence-corrected chi connectivity index (χ2v) is 8.41. The van der Waals surface area contributed by atoms with Crippen molar-refractivity contribution < 1.29 is 17.9 Å². The first kappa shape index (κ1) is 20.0. The maximum atomic E-state index is 12.2. The number of rotatable bonds is 6. The van der Waals surface area contributed by atoms with Crippen LogP contribution in [0.15, 0.2) is 36.4 Å². The highest BCUT2D eigenvalue weighted by molar-refractivity contribution is 7.92. The summed E-state index contributed by atoms with van der Waals surface area (Å²) in [6.07, 6.45) is -0.586. The first-order valence-electron chi connectivity index (χ1n) is 9.23. The summed E-state index contributed by atoms with van der Waals surface area (Å²) < 4.78 is 31.3. The molecule has 0 radical (unpaired) electrons. The van der Waals surface area contributed by atoms with Crippen LogP contribution < -0.4 is 14.9 Å². The van der Waals surface area contributed by atoms with E-state index in [0.717, 1.165) is 24.3 Å². The average Bonchev–Trinajstić information content (AvgIpc) is 2.97. The van der Waals surface area contributed by atoms with E-state index in [-0.39, 0.29) is 12.4 Å². The molecule has 1 amide bonds. The molecule has 8 heteroatoms. The summed E-state index contributed by atoms with van der Waals surface area (Å²) in [6.45, 7) is 7.94. The second-order valence-electron chi connectivity index (χ2n) is 6.69. The molecule has 0 atom stereocenters. The van der Waals surface area contributed by atoms with E-state index in [1.165, 1.54) is 0 Å². The summed E-state index contributed by atoms with van der Waals surface area (Å²) >= 11 is 0. The van der Waals surface area contributed by atoms with Crippen LogP contribution in [0.1, 0.15) is 30.5 Å². The Hall–Kier alpha value is -2.74. The summed E-state index contributed by atoms with van der Waals surface area (Å²) in [5, 5.41) is 2.75. The van der Waals surface area contributed by atoms with E-state index >= 15 is 0 Å². The number of fused-ring (bicyclic) bond motifs is 1. The van der Waals surface area contributed by atoms with Crippen molar-refractivity contribution in [2.75, 3.05) is 28.0 Å². The van der Waals surface area contributed by atoms with Crippen molar-refractivity contribution in [1.29, 1.82) is 0 Å². The quantitative estimate of drug-likeness (QED) is 0.765. The number of aryl methyl sites for hydroxylation is 1. The molecule has 0 aliphatic carbocycles. The van der Waals surface area contributed by atoms with E-state index < -0.39 is 16.1 Å². The fourth-order valence-corrected chi connectivity index (χ4v) is 4.58. The van der Waals surface area contributed by atoms with Gasteiger partial charge in [-0.3, -0.25) is 10.0 Å². The zero-order chi connectivity index (χ0) is 20.3. The predicted octanol–water partition coefficient (Wildman–Crippen LogP) is 3.85. The molecule has 0 saturated carbocycles. The molecule has 150 valence electrons. The Kier molecular flexibility index (Phi) is 5.79. The van der Waals surface area contributed by atoms with Crippen molar-refractivity contribution in [3.8, 4) is 0 Å². The van der Waals surface area contributed by atoms with Crippen LogP contribution in [-0.2, 0) is 27.1 Å². The summed E-state index contributed by atoms with van der Waals surface area (Å²) in [7, 11) is -3.35. The lowest BCUT2D eigenvalue weighted by Gasteiger charge is -2.22. The minimum atomic E-state index is -3.35. The van der Waals surface area contributed by atoms with E-state index in [1.807, 2.05) is 25.1 Å². The van der Waals surface area contributed by atoms with Gasteiger partial charge in [0.05, 0.1) is 11.4 Å². The van der Waals surface area contributed by atoms with Gasteiger partial charge in [0.1, 0.15) is 6.61 Å². The first-order valence-corrected chi connectivity index (χ1v) is 10.9. The molecule has 1 aliphatic heterocycles. The van der Waals surface area contributed by atoms with Crippen LogP contribution in [0.25, 0.3) is 0 Å². The van der Waals surface area contributed by atoms with Crippen molar-refractivity contribution >= 4 is 33.2 Å². The lowest BCUT2D eigenvalue weighted by molar-refractivity contribution is 0.155. The largest absolute Gasteiger partial charge is 0.444 e. The summed E-state index contributed by atoms with van der Waals surface area (Å²) in [5.41, 5.74) is 4.55. The highest BCUT2D eigenvalue weighted by Crippen LogP contribution is 2.31. The molecule has 0 saturated heterocycles. The van der Waals surface area contributed by atoms with Gasteiger partial charge in [0.25, 0.3) is 0 Å².